The van der Waals surface area contributed by atoms with Gasteiger partial charge in [-0.2, -0.15) is 5.10 Å². The minimum atomic E-state index is 0. The highest BCUT2D eigenvalue weighted by Gasteiger charge is 2.16. The number of likely N-dealkylation sites (N-methyl/N-ethyl adjacent to an activating group) is 1. The van der Waals surface area contributed by atoms with Crippen molar-refractivity contribution in [3.8, 4) is 5.75 Å². The highest BCUT2D eigenvalue weighted by atomic mass is 127. The fourth-order valence-corrected chi connectivity index (χ4v) is 2.96. The van der Waals surface area contributed by atoms with Gasteiger partial charge in [0.15, 0.2) is 5.96 Å². The van der Waals surface area contributed by atoms with Gasteiger partial charge in [0, 0.05) is 44.5 Å². The summed E-state index contributed by atoms with van der Waals surface area (Å²) in [7, 11) is 7.86. The smallest absolute Gasteiger partial charge is 0.191 e. The molecule has 8 heteroatoms. The first kappa shape index (κ1) is 25.2. The Labute approximate surface area is 191 Å². The van der Waals surface area contributed by atoms with Gasteiger partial charge in [-0.15, -0.1) is 24.0 Å². The third kappa shape index (κ3) is 7.85. The number of benzene rings is 1. The number of aliphatic imine (C=N–C) groups is 1. The van der Waals surface area contributed by atoms with Crippen molar-refractivity contribution in [2.75, 3.05) is 34.3 Å². The zero-order valence-corrected chi connectivity index (χ0v) is 20.7. The van der Waals surface area contributed by atoms with Crippen LogP contribution in [0.4, 0.5) is 0 Å². The molecular weight excluding hydrogens is 479 g/mol. The molecule has 0 spiro atoms. The van der Waals surface area contributed by atoms with Gasteiger partial charge in [-0.25, -0.2) is 0 Å². The number of aromatic nitrogens is 2. The molecule has 2 rings (SSSR count). The van der Waals surface area contributed by atoms with Crippen LogP contribution in [0.3, 0.4) is 0 Å². The van der Waals surface area contributed by atoms with Gasteiger partial charge in [-0.05, 0) is 39.1 Å². The summed E-state index contributed by atoms with van der Waals surface area (Å²) in [4.78, 5) is 6.53. The van der Waals surface area contributed by atoms with Gasteiger partial charge in [0.2, 0.25) is 0 Å². The highest BCUT2D eigenvalue weighted by molar-refractivity contribution is 14.0. The monoisotopic (exact) mass is 514 g/mol. The maximum atomic E-state index is 5.91. The summed E-state index contributed by atoms with van der Waals surface area (Å²) < 4.78 is 7.73. The molecule has 0 saturated carbocycles. The zero-order chi connectivity index (χ0) is 20.5. The van der Waals surface area contributed by atoms with Crippen LogP contribution in [-0.2, 0) is 13.6 Å². The Morgan fingerprint density at radius 3 is 2.66 bits per heavy atom. The summed E-state index contributed by atoms with van der Waals surface area (Å²) in [6.07, 6.45) is 4.95. The Bertz CT molecular complexity index is 774. The van der Waals surface area contributed by atoms with E-state index in [-0.39, 0.29) is 30.0 Å². The van der Waals surface area contributed by atoms with Gasteiger partial charge >= 0.3 is 0 Å². The second-order valence-electron chi connectivity index (χ2n) is 7.19. The van der Waals surface area contributed by atoms with E-state index in [0.29, 0.717) is 6.54 Å². The van der Waals surface area contributed by atoms with Crippen LogP contribution in [0.1, 0.15) is 36.1 Å². The molecule has 162 valence electrons. The lowest BCUT2D eigenvalue weighted by atomic mass is 10.1. The van der Waals surface area contributed by atoms with Crippen LogP contribution >= 0.6 is 24.0 Å². The summed E-state index contributed by atoms with van der Waals surface area (Å²) >= 11 is 0. The maximum absolute atomic E-state index is 5.91. The molecule has 0 bridgehead atoms. The van der Waals surface area contributed by atoms with Crippen molar-refractivity contribution < 1.29 is 4.74 Å². The summed E-state index contributed by atoms with van der Waals surface area (Å²) in [5, 5.41) is 11.1. The topological polar surface area (TPSA) is 66.7 Å². The van der Waals surface area contributed by atoms with Crippen molar-refractivity contribution in [3.63, 3.8) is 0 Å². The van der Waals surface area contributed by atoms with E-state index in [0.717, 1.165) is 36.8 Å². The number of aryl methyl sites for hydroxylation is 2. The molecule has 0 aliphatic heterocycles. The Balaban J connectivity index is 0.00000420. The molecule has 0 fully saturated rings. The number of rotatable bonds is 9. The van der Waals surface area contributed by atoms with Crippen molar-refractivity contribution >= 4 is 29.9 Å². The van der Waals surface area contributed by atoms with Gasteiger partial charge in [0.05, 0.1) is 18.8 Å². The van der Waals surface area contributed by atoms with Gasteiger partial charge in [0.1, 0.15) is 5.75 Å². The van der Waals surface area contributed by atoms with Gasteiger partial charge in [0.25, 0.3) is 0 Å². The van der Waals surface area contributed by atoms with E-state index in [9.17, 15) is 0 Å². The molecule has 1 unspecified atom stereocenters. The zero-order valence-electron chi connectivity index (χ0n) is 18.4. The normalized spacial score (nSPS) is 12.4. The largest absolute Gasteiger partial charge is 0.493 e. The number of halogens is 1. The molecule has 0 amide bonds. The second-order valence-corrected chi connectivity index (χ2v) is 7.19. The van der Waals surface area contributed by atoms with E-state index in [1.54, 1.807) is 7.05 Å². The van der Waals surface area contributed by atoms with Crippen LogP contribution in [0.2, 0.25) is 0 Å². The fraction of sp³-hybridized carbons (Fsp3) is 0.524. The minimum Gasteiger partial charge on any atom is -0.493 e. The Morgan fingerprint density at radius 1 is 1.31 bits per heavy atom. The maximum Gasteiger partial charge on any atom is 0.191 e. The molecular formula is C21H35IN6O. The number of hydrogen-bond donors (Lipinski definition) is 2. The third-order valence-electron chi connectivity index (χ3n) is 4.55. The predicted octanol–water partition coefficient (Wildman–Crippen LogP) is 3.10. The molecule has 1 aromatic carbocycles. The standard InChI is InChI=1S/C21H34N6O.HI/c1-7-10-28-20-11-16(2)8-9-17(20)12-23-21(22-3)24-14-19(26(4)5)18-13-25-27(6)15-18;/h8-9,11,13,15,19H,7,10,12,14H2,1-6H3,(H2,22,23,24);1H. The Kier molecular flexibility index (Phi) is 11.0. The molecule has 29 heavy (non-hydrogen) atoms. The molecule has 7 nitrogen and oxygen atoms in total. The van der Waals surface area contributed by atoms with Crippen molar-refractivity contribution in [2.45, 2.75) is 32.9 Å². The average Bonchev–Trinajstić information content (AvgIpc) is 3.09. The molecule has 0 aliphatic rings. The van der Waals surface area contributed by atoms with E-state index < -0.39 is 0 Å². The van der Waals surface area contributed by atoms with Crippen LogP contribution < -0.4 is 15.4 Å². The van der Waals surface area contributed by atoms with Gasteiger partial charge in [-0.3, -0.25) is 9.67 Å². The summed E-state index contributed by atoms with van der Waals surface area (Å²) in [6.45, 7) is 6.29. The van der Waals surface area contributed by atoms with Gasteiger partial charge in [-0.1, -0.05) is 19.1 Å². The lowest BCUT2D eigenvalue weighted by Crippen LogP contribution is -2.41. The summed E-state index contributed by atoms with van der Waals surface area (Å²) in [5.41, 5.74) is 3.49. The van der Waals surface area contributed by atoms with E-state index in [1.807, 2.05) is 24.1 Å². The molecule has 0 saturated heterocycles. The quantitative estimate of drug-likeness (QED) is 0.306. The number of nitrogens with one attached hydrogen (secondary N) is 2. The fourth-order valence-electron chi connectivity index (χ4n) is 2.96. The number of guanidine groups is 1. The second kappa shape index (κ2) is 12.7. The van der Waals surface area contributed by atoms with Crippen molar-refractivity contribution in [2.24, 2.45) is 12.0 Å². The summed E-state index contributed by atoms with van der Waals surface area (Å²) in [6, 6.07) is 6.51. The lowest BCUT2D eigenvalue weighted by molar-refractivity contribution is 0.298. The SMILES string of the molecule is CCCOc1cc(C)ccc1CNC(=NC)NCC(c1cnn(C)c1)N(C)C.I. The van der Waals surface area contributed by atoms with Crippen LogP contribution in [0.25, 0.3) is 0 Å². The van der Waals surface area contributed by atoms with Crippen LogP contribution in [-0.4, -0.2) is 54.9 Å². The van der Waals surface area contributed by atoms with Crippen molar-refractivity contribution in [3.05, 3.63) is 47.3 Å². The lowest BCUT2D eigenvalue weighted by Gasteiger charge is -2.24. The molecule has 1 atom stereocenters. The van der Waals surface area contributed by atoms with E-state index in [4.69, 9.17) is 4.74 Å². The number of ether oxygens (including phenoxy) is 1. The third-order valence-corrected chi connectivity index (χ3v) is 4.55. The van der Waals surface area contributed by atoms with Crippen LogP contribution in [0, 0.1) is 6.92 Å². The van der Waals surface area contributed by atoms with E-state index in [1.165, 1.54) is 11.1 Å². The summed E-state index contributed by atoms with van der Waals surface area (Å²) in [5.74, 6) is 1.70. The molecule has 1 aromatic heterocycles. The average molecular weight is 514 g/mol. The molecule has 2 aromatic rings. The molecule has 2 N–H and O–H groups in total. The molecule has 0 radical (unpaired) electrons. The van der Waals surface area contributed by atoms with Crippen LogP contribution in [0.5, 0.6) is 5.75 Å². The Morgan fingerprint density at radius 2 is 2.07 bits per heavy atom. The Hall–Kier alpha value is -1.81. The van der Waals surface area contributed by atoms with E-state index >= 15 is 0 Å². The first-order valence-electron chi connectivity index (χ1n) is 9.76. The van der Waals surface area contributed by atoms with E-state index in [2.05, 4.69) is 71.8 Å². The minimum absolute atomic E-state index is 0. The van der Waals surface area contributed by atoms with Crippen LogP contribution in [0.15, 0.2) is 35.6 Å². The number of hydrogen-bond acceptors (Lipinski definition) is 4. The predicted molar refractivity (Wildman–Crippen MR) is 130 cm³/mol. The highest BCUT2D eigenvalue weighted by Crippen LogP contribution is 2.20. The van der Waals surface area contributed by atoms with Crippen molar-refractivity contribution in [1.29, 1.82) is 0 Å². The van der Waals surface area contributed by atoms with Gasteiger partial charge < -0.3 is 20.3 Å². The first-order valence-corrected chi connectivity index (χ1v) is 9.76. The van der Waals surface area contributed by atoms with Crippen molar-refractivity contribution in [1.82, 2.24) is 25.3 Å². The molecule has 0 aliphatic carbocycles. The number of nitrogens with zero attached hydrogens (tertiary/aromatic N) is 4. The first-order chi connectivity index (χ1) is 13.4. The molecule has 1 heterocycles.